The lowest BCUT2D eigenvalue weighted by Crippen LogP contribution is -2.09. The Kier molecular flexibility index (Phi) is 4.92. The molecule has 0 heterocycles. The van der Waals surface area contributed by atoms with E-state index < -0.39 is 6.10 Å². The summed E-state index contributed by atoms with van der Waals surface area (Å²) in [6.07, 6.45) is -0.522. The molecule has 0 aliphatic rings. The van der Waals surface area contributed by atoms with Crippen molar-refractivity contribution in [1.29, 1.82) is 0 Å². The maximum Gasteiger partial charge on any atom is 0.0781 e. The Labute approximate surface area is 129 Å². The van der Waals surface area contributed by atoms with Gasteiger partial charge in [-0.05, 0) is 37.6 Å². The van der Waals surface area contributed by atoms with Crippen LogP contribution < -0.4 is 5.32 Å². The number of hydrogen-bond acceptors (Lipinski definition) is 2. The van der Waals surface area contributed by atoms with Crippen molar-refractivity contribution in [3.05, 3.63) is 63.6 Å². The molecule has 0 aliphatic carbocycles. The predicted octanol–water partition coefficient (Wildman–Crippen LogP) is 5.22. The first kappa shape index (κ1) is 15.2. The second-order valence-corrected chi connectivity index (χ2v) is 5.64. The van der Waals surface area contributed by atoms with Crippen LogP contribution in [0.15, 0.2) is 42.5 Å². The van der Waals surface area contributed by atoms with Gasteiger partial charge >= 0.3 is 0 Å². The molecule has 2 unspecified atom stereocenters. The number of nitrogens with one attached hydrogen (secondary N) is 1. The first-order valence-corrected chi connectivity index (χ1v) is 7.23. The zero-order valence-electron chi connectivity index (χ0n) is 11.4. The maximum absolute atomic E-state index is 9.80. The molecular formula is C16H17Cl2NO. The molecule has 0 amide bonds. The second kappa shape index (κ2) is 6.49. The van der Waals surface area contributed by atoms with Gasteiger partial charge in [-0.1, -0.05) is 47.5 Å². The van der Waals surface area contributed by atoms with Gasteiger partial charge in [-0.2, -0.15) is 0 Å². The smallest absolute Gasteiger partial charge is 0.0781 e. The number of para-hydroxylation sites is 1. The number of halogens is 2. The lowest BCUT2D eigenvalue weighted by atomic mass is 10.0. The molecule has 0 spiro atoms. The Morgan fingerprint density at radius 1 is 1.00 bits per heavy atom. The third kappa shape index (κ3) is 3.45. The summed E-state index contributed by atoms with van der Waals surface area (Å²) in [7, 11) is 0. The fourth-order valence-corrected chi connectivity index (χ4v) is 2.73. The fraction of sp³-hybridized carbons (Fsp3) is 0.250. The van der Waals surface area contributed by atoms with Crippen LogP contribution in [0.2, 0.25) is 10.0 Å². The van der Waals surface area contributed by atoms with Crippen LogP contribution in [0.3, 0.4) is 0 Å². The highest BCUT2D eigenvalue weighted by Gasteiger charge is 2.13. The average Bonchev–Trinajstić information content (AvgIpc) is 2.38. The van der Waals surface area contributed by atoms with Gasteiger partial charge in [-0.25, -0.2) is 0 Å². The molecule has 0 aromatic heterocycles. The molecule has 0 fully saturated rings. The standard InChI is InChI=1S/C16H17Cl2NO/c1-10(13-8-7-12(17)9-15(13)18)19-16-6-4-3-5-14(16)11(2)20/h3-11,19-20H,1-2H3. The summed E-state index contributed by atoms with van der Waals surface area (Å²) >= 11 is 12.1. The molecule has 20 heavy (non-hydrogen) atoms. The first-order valence-electron chi connectivity index (χ1n) is 6.47. The van der Waals surface area contributed by atoms with E-state index in [-0.39, 0.29) is 6.04 Å². The van der Waals surface area contributed by atoms with Crippen molar-refractivity contribution in [3.63, 3.8) is 0 Å². The van der Waals surface area contributed by atoms with Gasteiger partial charge in [0.15, 0.2) is 0 Å². The monoisotopic (exact) mass is 309 g/mol. The van der Waals surface area contributed by atoms with Gasteiger partial charge in [0.2, 0.25) is 0 Å². The van der Waals surface area contributed by atoms with E-state index in [0.29, 0.717) is 10.0 Å². The normalized spacial score (nSPS) is 13.8. The number of hydrogen-bond donors (Lipinski definition) is 2. The summed E-state index contributed by atoms with van der Waals surface area (Å²) in [5.41, 5.74) is 2.74. The molecule has 4 heteroatoms. The maximum atomic E-state index is 9.80. The van der Waals surface area contributed by atoms with Gasteiger partial charge in [0.1, 0.15) is 0 Å². The topological polar surface area (TPSA) is 32.3 Å². The summed E-state index contributed by atoms with van der Waals surface area (Å²) in [6.45, 7) is 3.77. The molecule has 0 aliphatic heterocycles. The molecule has 2 rings (SSSR count). The largest absolute Gasteiger partial charge is 0.389 e. The molecule has 2 aromatic rings. The van der Waals surface area contributed by atoms with Gasteiger partial charge in [0.25, 0.3) is 0 Å². The van der Waals surface area contributed by atoms with E-state index in [9.17, 15) is 5.11 Å². The lowest BCUT2D eigenvalue weighted by molar-refractivity contribution is 0.200. The zero-order chi connectivity index (χ0) is 14.7. The van der Waals surface area contributed by atoms with Gasteiger partial charge in [-0.3, -0.25) is 0 Å². The van der Waals surface area contributed by atoms with E-state index in [1.54, 1.807) is 13.0 Å². The summed E-state index contributed by atoms with van der Waals surface area (Å²) in [4.78, 5) is 0. The quantitative estimate of drug-likeness (QED) is 0.811. The summed E-state index contributed by atoms with van der Waals surface area (Å²) in [6, 6.07) is 13.2. The van der Waals surface area contributed by atoms with Gasteiger partial charge in [-0.15, -0.1) is 0 Å². The van der Waals surface area contributed by atoms with E-state index in [1.807, 2.05) is 43.3 Å². The van der Waals surface area contributed by atoms with E-state index in [1.165, 1.54) is 0 Å². The number of aliphatic hydroxyl groups is 1. The van der Waals surface area contributed by atoms with Crippen LogP contribution in [-0.2, 0) is 0 Å². The van der Waals surface area contributed by atoms with Crippen molar-refractivity contribution in [2.45, 2.75) is 26.0 Å². The van der Waals surface area contributed by atoms with Crippen molar-refractivity contribution in [2.75, 3.05) is 5.32 Å². The van der Waals surface area contributed by atoms with E-state index in [0.717, 1.165) is 16.8 Å². The minimum Gasteiger partial charge on any atom is -0.389 e. The summed E-state index contributed by atoms with van der Waals surface area (Å²) < 4.78 is 0. The second-order valence-electron chi connectivity index (χ2n) is 4.80. The zero-order valence-corrected chi connectivity index (χ0v) is 12.9. The van der Waals surface area contributed by atoms with E-state index in [4.69, 9.17) is 23.2 Å². The predicted molar refractivity (Wildman–Crippen MR) is 85.6 cm³/mol. The first-order chi connectivity index (χ1) is 9.49. The number of rotatable bonds is 4. The molecule has 0 saturated heterocycles. The lowest BCUT2D eigenvalue weighted by Gasteiger charge is -2.20. The Hall–Kier alpha value is -1.22. The number of benzene rings is 2. The Balaban J connectivity index is 2.26. The summed E-state index contributed by atoms with van der Waals surface area (Å²) in [5.74, 6) is 0. The summed E-state index contributed by atoms with van der Waals surface area (Å²) in [5, 5.41) is 14.4. The number of aliphatic hydroxyl groups excluding tert-OH is 1. The van der Waals surface area contributed by atoms with Crippen LogP contribution in [0.5, 0.6) is 0 Å². The third-order valence-corrected chi connectivity index (χ3v) is 3.77. The van der Waals surface area contributed by atoms with Gasteiger partial charge < -0.3 is 10.4 Å². The van der Waals surface area contributed by atoms with Crippen LogP contribution in [0.4, 0.5) is 5.69 Å². The van der Waals surface area contributed by atoms with Crippen molar-refractivity contribution < 1.29 is 5.11 Å². The Morgan fingerprint density at radius 2 is 1.70 bits per heavy atom. The molecule has 2 nitrogen and oxygen atoms in total. The Bertz CT molecular complexity index is 599. The molecule has 2 atom stereocenters. The highest BCUT2D eigenvalue weighted by Crippen LogP contribution is 2.30. The minimum absolute atomic E-state index is 0.0136. The third-order valence-electron chi connectivity index (χ3n) is 3.21. The van der Waals surface area contributed by atoms with Crippen LogP contribution in [0.1, 0.15) is 37.1 Å². The van der Waals surface area contributed by atoms with E-state index in [2.05, 4.69) is 5.32 Å². The minimum atomic E-state index is -0.522. The van der Waals surface area contributed by atoms with Crippen LogP contribution >= 0.6 is 23.2 Å². The van der Waals surface area contributed by atoms with Gasteiger partial charge in [0, 0.05) is 21.3 Å². The van der Waals surface area contributed by atoms with Crippen molar-refractivity contribution >= 4 is 28.9 Å². The van der Waals surface area contributed by atoms with Gasteiger partial charge in [0.05, 0.1) is 12.1 Å². The van der Waals surface area contributed by atoms with Crippen LogP contribution in [0, 0.1) is 0 Å². The van der Waals surface area contributed by atoms with Crippen LogP contribution in [0.25, 0.3) is 0 Å². The average molecular weight is 310 g/mol. The molecule has 0 bridgehead atoms. The van der Waals surface area contributed by atoms with E-state index >= 15 is 0 Å². The van der Waals surface area contributed by atoms with Crippen LogP contribution in [-0.4, -0.2) is 5.11 Å². The number of anilines is 1. The Morgan fingerprint density at radius 3 is 2.35 bits per heavy atom. The molecule has 0 saturated carbocycles. The fourth-order valence-electron chi connectivity index (χ4n) is 2.16. The molecule has 0 radical (unpaired) electrons. The molecule has 106 valence electrons. The highest BCUT2D eigenvalue weighted by molar-refractivity contribution is 6.35. The van der Waals surface area contributed by atoms with Crippen molar-refractivity contribution in [1.82, 2.24) is 0 Å². The molecular weight excluding hydrogens is 293 g/mol. The molecule has 2 N–H and O–H groups in total. The van der Waals surface area contributed by atoms with Crippen molar-refractivity contribution in [2.24, 2.45) is 0 Å². The SMILES string of the molecule is CC(O)c1ccccc1NC(C)c1ccc(Cl)cc1Cl. The highest BCUT2D eigenvalue weighted by atomic mass is 35.5. The van der Waals surface area contributed by atoms with Crippen molar-refractivity contribution in [3.8, 4) is 0 Å². The molecule has 2 aromatic carbocycles.